The first-order valence-electron chi connectivity index (χ1n) is 6.77. The predicted molar refractivity (Wildman–Crippen MR) is 78.8 cm³/mol. The highest BCUT2D eigenvalue weighted by Crippen LogP contribution is 2.07. The number of hydrogen-bond donors (Lipinski definition) is 3. The second-order valence-corrected chi connectivity index (χ2v) is 4.58. The second-order valence-electron chi connectivity index (χ2n) is 4.58. The van der Waals surface area contributed by atoms with Gasteiger partial charge in [-0.3, -0.25) is 14.8 Å². The van der Waals surface area contributed by atoms with Crippen molar-refractivity contribution in [3.05, 3.63) is 54.1 Å². The molecule has 21 heavy (non-hydrogen) atoms. The molecule has 2 rings (SSSR count). The molecule has 2 heterocycles. The number of nitrogens with one attached hydrogen (secondary N) is 2. The van der Waals surface area contributed by atoms with Crippen LogP contribution in [0.15, 0.2) is 43.0 Å². The number of carbonyl (C=O) groups excluding carboxylic acids is 1. The third kappa shape index (κ3) is 5.19. The average molecular weight is 286 g/mol. The van der Waals surface area contributed by atoms with E-state index in [1.807, 2.05) is 18.3 Å². The maximum atomic E-state index is 11.8. The Bertz CT molecular complexity index is 575. The molecule has 0 fully saturated rings. The smallest absolute Gasteiger partial charge is 0.252 e. The topological polar surface area (TPSA) is 87.1 Å². The number of rotatable bonds is 7. The van der Waals surface area contributed by atoms with Crippen LogP contribution in [0.25, 0.3) is 0 Å². The minimum Gasteiger partial charge on any atom is -0.506 e. The molecule has 1 amide bonds. The Balaban J connectivity index is 1.60. The number of pyridine rings is 2. The lowest BCUT2D eigenvalue weighted by molar-refractivity contribution is 0.0952. The van der Waals surface area contributed by atoms with Gasteiger partial charge in [0.25, 0.3) is 5.91 Å². The van der Waals surface area contributed by atoms with Crippen molar-refractivity contribution in [2.24, 2.45) is 0 Å². The summed E-state index contributed by atoms with van der Waals surface area (Å²) in [4.78, 5) is 19.6. The molecule has 6 nitrogen and oxygen atoms in total. The van der Waals surface area contributed by atoms with Gasteiger partial charge in [0.15, 0.2) is 0 Å². The van der Waals surface area contributed by atoms with E-state index in [-0.39, 0.29) is 11.7 Å². The molecule has 0 aromatic carbocycles. The highest BCUT2D eigenvalue weighted by molar-refractivity contribution is 5.94. The second kappa shape index (κ2) is 7.96. The lowest BCUT2D eigenvalue weighted by Crippen LogP contribution is -2.27. The van der Waals surface area contributed by atoms with E-state index in [1.54, 1.807) is 6.20 Å². The van der Waals surface area contributed by atoms with Crippen LogP contribution in [0.4, 0.5) is 0 Å². The van der Waals surface area contributed by atoms with Gasteiger partial charge in [-0.05, 0) is 30.7 Å². The molecule has 2 aromatic heterocycles. The van der Waals surface area contributed by atoms with E-state index in [4.69, 9.17) is 0 Å². The van der Waals surface area contributed by atoms with Crippen LogP contribution in [0.1, 0.15) is 22.3 Å². The Kier molecular flexibility index (Phi) is 5.66. The van der Waals surface area contributed by atoms with Crippen LogP contribution < -0.4 is 10.6 Å². The summed E-state index contributed by atoms with van der Waals surface area (Å²) in [5.74, 6) is -0.244. The summed E-state index contributed by atoms with van der Waals surface area (Å²) in [6.45, 7) is 2.13. The minimum atomic E-state index is -0.231. The van der Waals surface area contributed by atoms with Crippen LogP contribution in [-0.2, 0) is 6.54 Å². The summed E-state index contributed by atoms with van der Waals surface area (Å²) in [7, 11) is 0. The van der Waals surface area contributed by atoms with Gasteiger partial charge in [-0.1, -0.05) is 6.07 Å². The standard InChI is InChI=1S/C15H18N4O2/c20-14-7-13(10-18-11-14)15(21)19-6-2-5-17-9-12-3-1-4-16-8-12/h1,3-4,7-8,10-11,17,20H,2,5-6,9H2,(H,19,21). The largest absolute Gasteiger partial charge is 0.506 e. The highest BCUT2D eigenvalue weighted by atomic mass is 16.3. The van der Waals surface area contributed by atoms with Gasteiger partial charge in [0.2, 0.25) is 0 Å². The molecule has 0 unspecified atom stereocenters. The Morgan fingerprint density at radius 1 is 1.19 bits per heavy atom. The van der Waals surface area contributed by atoms with Crippen LogP contribution >= 0.6 is 0 Å². The first-order chi connectivity index (χ1) is 10.3. The van der Waals surface area contributed by atoms with Crippen LogP contribution in [0, 0.1) is 0 Å². The number of aromatic hydroxyl groups is 1. The van der Waals surface area contributed by atoms with Gasteiger partial charge in [-0.2, -0.15) is 0 Å². The maximum Gasteiger partial charge on any atom is 0.252 e. The molecule has 0 bridgehead atoms. The Morgan fingerprint density at radius 2 is 2.10 bits per heavy atom. The third-order valence-corrected chi connectivity index (χ3v) is 2.85. The van der Waals surface area contributed by atoms with E-state index in [9.17, 15) is 9.90 Å². The molecule has 0 aliphatic carbocycles. The molecule has 3 N–H and O–H groups in total. The molecule has 0 atom stereocenters. The molecule has 110 valence electrons. The molecule has 0 saturated carbocycles. The van der Waals surface area contributed by atoms with Gasteiger partial charge in [0.1, 0.15) is 5.75 Å². The number of carbonyl (C=O) groups is 1. The summed E-state index contributed by atoms with van der Waals surface area (Å²) in [6.07, 6.45) is 7.10. The zero-order valence-corrected chi connectivity index (χ0v) is 11.6. The van der Waals surface area contributed by atoms with E-state index in [2.05, 4.69) is 20.6 Å². The maximum absolute atomic E-state index is 11.8. The summed E-state index contributed by atoms with van der Waals surface area (Å²) < 4.78 is 0. The van der Waals surface area contributed by atoms with Crippen LogP contribution in [0.3, 0.4) is 0 Å². The van der Waals surface area contributed by atoms with Crippen molar-refractivity contribution < 1.29 is 9.90 Å². The fourth-order valence-corrected chi connectivity index (χ4v) is 1.80. The molecule has 0 aliphatic rings. The Hall–Kier alpha value is -2.47. The molecule has 6 heteroatoms. The SMILES string of the molecule is O=C(NCCCNCc1cccnc1)c1cncc(O)c1. The van der Waals surface area contributed by atoms with Crippen molar-refractivity contribution in [1.82, 2.24) is 20.6 Å². The monoisotopic (exact) mass is 286 g/mol. The van der Waals surface area contributed by atoms with E-state index in [0.29, 0.717) is 12.1 Å². The Labute approximate surface area is 123 Å². The van der Waals surface area contributed by atoms with Crippen molar-refractivity contribution in [3.8, 4) is 5.75 Å². The number of aromatic nitrogens is 2. The summed E-state index contributed by atoms with van der Waals surface area (Å²) in [5.41, 5.74) is 1.49. The summed E-state index contributed by atoms with van der Waals surface area (Å²) in [6, 6.07) is 5.31. The minimum absolute atomic E-state index is 0.0132. The molecule has 0 saturated heterocycles. The zero-order valence-electron chi connectivity index (χ0n) is 11.6. The quantitative estimate of drug-likeness (QED) is 0.663. The first-order valence-corrected chi connectivity index (χ1v) is 6.77. The number of amides is 1. The van der Waals surface area contributed by atoms with E-state index in [1.165, 1.54) is 18.5 Å². The highest BCUT2D eigenvalue weighted by Gasteiger charge is 2.05. The van der Waals surface area contributed by atoms with E-state index >= 15 is 0 Å². The molecule has 2 aromatic rings. The summed E-state index contributed by atoms with van der Waals surface area (Å²) >= 11 is 0. The lowest BCUT2D eigenvalue weighted by Gasteiger charge is -2.06. The number of nitrogens with zero attached hydrogens (tertiary/aromatic N) is 2. The van der Waals surface area contributed by atoms with Crippen molar-refractivity contribution >= 4 is 5.91 Å². The molecule has 0 aliphatic heterocycles. The van der Waals surface area contributed by atoms with E-state index < -0.39 is 0 Å². The average Bonchev–Trinajstić information content (AvgIpc) is 2.51. The van der Waals surface area contributed by atoms with Crippen LogP contribution in [0.5, 0.6) is 5.75 Å². The number of hydrogen-bond acceptors (Lipinski definition) is 5. The summed E-state index contributed by atoms with van der Waals surface area (Å²) in [5, 5.41) is 15.3. The first kappa shape index (κ1) is 14.9. The fraction of sp³-hybridized carbons (Fsp3) is 0.267. The van der Waals surface area contributed by atoms with Gasteiger partial charge < -0.3 is 15.7 Å². The third-order valence-electron chi connectivity index (χ3n) is 2.85. The molecule has 0 radical (unpaired) electrons. The predicted octanol–water partition coefficient (Wildman–Crippen LogP) is 1.09. The van der Waals surface area contributed by atoms with Crippen molar-refractivity contribution in [2.45, 2.75) is 13.0 Å². The molecule has 0 spiro atoms. The van der Waals surface area contributed by atoms with Crippen LogP contribution in [-0.4, -0.2) is 34.1 Å². The molecular weight excluding hydrogens is 268 g/mol. The van der Waals surface area contributed by atoms with Crippen LogP contribution in [0.2, 0.25) is 0 Å². The zero-order chi connectivity index (χ0) is 14.9. The van der Waals surface area contributed by atoms with Gasteiger partial charge in [-0.15, -0.1) is 0 Å². The van der Waals surface area contributed by atoms with Gasteiger partial charge in [0, 0.05) is 31.7 Å². The van der Waals surface area contributed by atoms with Gasteiger partial charge >= 0.3 is 0 Å². The van der Waals surface area contributed by atoms with E-state index in [0.717, 1.165) is 25.1 Å². The molecular formula is C15H18N4O2. The lowest BCUT2D eigenvalue weighted by atomic mass is 10.2. The van der Waals surface area contributed by atoms with Gasteiger partial charge in [-0.25, -0.2) is 0 Å². The van der Waals surface area contributed by atoms with Crippen molar-refractivity contribution in [2.75, 3.05) is 13.1 Å². The normalized spacial score (nSPS) is 10.3. The Morgan fingerprint density at radius 3 is 2.86 bits per heavy atom. The van der Waals surface area contributed by atoms with Crippen molar-refractivity contribution in [1.29, 1.82) is 0 Å². The fourth-order valence-electron chi connectivity index (χ4n) is 1.80. The van der Waals surface area contributed by atoms with Gasteiger partial charge in [0.05, 0.1) is 11.8 Å². The van der Waals surface area contributed by atoms with Crippen molar-refractivity contribution in [3.63, 3.8) is 0 Å².